The maximum absolute atomic E-state index is 13.8. The predicted molar refractivity (Wildman–Crippen MR) is 98.8 cm³/mol. The first kappa shape index (κ1) is 19.0. The number of sulfonamides is 1. The molecule has 0 spiro atoms. The topological polar surface area (TPSA) is 98.3 Å². The molecule has 1 aromatic carbocycles. The van der Waals surface area contributed by atoms with E-state index < -0.39 is 37.4 Å². The van der Waals surface area contributed by atoms with Crippen LogP contribution in [0.25, 0.3) is 0 Å². The molecule has 28 heavy (non-hydrogen) atoms. The van der Waals surface area contributed by atoms with Gasteiger partial charge < -0.3 is 4.57 Å². The lowest BCUT2D eigenvalue weighted by Crippen LogP contribution is -2.32. The molecule has 0 radical (unpaired) electrons. The van der Waals surface area contributed by atoms with Crippen molar-refractivity contribution < 1.29 is 17.7 Å². The number of aromatic nitrogens is 2. The van der Waals surface area contributed by atoms with Gasteiger partial charge in [0.15, 0.2) is 0 Å². The van der Waals surface area contributed by atoms with Gasteiger partial charge in [0.1, 0.15) is 11.6 Å². The van der Waals surface area contributed by atoms with E-state index in [1.165, 1.54) is 4.31 Å². The molecule has 2 aromatic rings. The number of hydrogen-bond acceptors (Lipinski definition) is 5. The maximum atomic E-state index is 13.8. The Balaban J connectivity index is 1.74. The number of nitro groups is 1. The van der Waals surface area contributed by atoms with E-state index in [2.05, 4.69) is 0 Å². The van der Waals surface area contributed by atoms with E-state index in [-0.39, 0.29) is 6.54 Å². The van der Waals surface area contributed by atoms with Gasteiger partial charge in [-0.15, -0.1) is 0 Å². The van der Waals surface area contributed by atoms with Crippen LogP contribution in [0.3, 0.4) is 0 Å². The van der Waals surface area contributed by atoms with Crippen molar-refractivity contribution >= 4 is 15.7 Å². The highest BCUT2D eigenvalue weighted by Gasteiger charge is 2.40. The summed E-state index contributed by atoms with van der Waals surface area (Å²) in [4.78, 5) is 14.5. The van der Waals surface area contributed by atoms with E-state index in [0.29, 0.717) is 24.7 Å². The van der Waals surface area contributed by atoms with Gasteiger partial charge in [0, 0.05) is 25.4 Å². The van der Waals surface area contributed by atoms with Gasteiger partial charge in [0.25, 0.3) is 5.69 Å². The van der Waals surface area contributed by atoms with Crippen LogP contribution in [0.15, 0.2) is 23.1 Å². The molecular weight excluding hydrogens is 387 g/mol. The fourth-order valence-electron chi connectivity index (χ4n) is 4.23. The van der Waals surface area contributed by atoms with Crippen LogP contribution in [0.1, 0.15) is 48.9 Å². The van der Waals surface area contributed by atoms with Crippen molar-refractivity contribution in [2.75, 3.05) is 6.54 Å². The highest BCUT2D eigenvalue weighted by atomic mass is 32.2. The molecule has 1 aromatic heterocycles. The van der Waals surface area contributed by atoms with Crippen LogP contribution in [-0.4, -0.2) is 33.7 Å². The number of non-ortho nitro benzene ring substituents is 1. The van der Waals surface area contributed by atoms with Gasteiger partial charge in [-0.25, -0.2) is 17.8 Å². The minimum Gasteiger partial charge on any atom is -0.333 e. The van der Waals surface area contributed by atoms with Crippen molar-refractivity contribution in [3.05, 3.63) is 51.3 Å². The Morgan fingerprint density at radius 2 is 1.96 bits per heavy atom. The normalized spacial score (nSPS) is 20.3. The van der Waals surface area contributed by atoms with E-state index in [1.807, 2.05) is 11.6 Å². The molecule has 0 N–H and O–H groups in total. The van der Waals surface area contributed by atoms with E-state index in [4.69, 9.17) is 4.98 Å². The van der Waals surface area contributed by atoms with E-state index >= 15 is 0 Å². The number of nitrogens with zero attached hydrogens (tertiary/aromatic N) is 4. The van der Waals surface area contributed by atoms with Gasteiger partial charge in [0.05, 0.1) is 27.6 Å². The number of halogens is 1. The highest BCUT2D eigenvalue weighted by molar-refractivity contribution is 7.89. The SMILES string of the molecule is Cn1c([C@@H]2CCCN2S(=O)(=O)c2cc(F)cc([N+](=O)[O-])c2)nc2c1CCCC2. The molecule has 10 heteroatoms. The summed E-state index contributed by atoms with van der Waals surface area (Å²) in [7, 11) is -2.19. The minimum absolute atomic E-state index is 0.273. The molecule has 2 aliphatic rings. The lowest BCUT2D eigenvalue weighted by Gasteiger charge is -2.24. The van der Waals surface area contributed by atoms with Crippen molar-refractivity contribution in [1.82, 2.24) is 13.9 Å². The minimum atomic E-state index is -4.10. The average Bonchev–Trinajstić information content (AvgIpc) is 3.26. The number of rotatable bonds is 4. The quantitative estimate of drug-likeness (QED) is 0.572. The fraction of sp³-hybridized carbons (Fsp3) is 0.500. The molecule has 0 amide bonds. The zero-order valence-electron chi connectivity index (χ0n) is 15.5. The molecule has 1 aliphatic carbocycles. The average molecular weight is 408 g/mol. The van der Waals surface area contributed by atoms with E-state index in [9.17, 15) is 22.9 Å². The summed E-state index contributed by atoms with van der Waals surface area (Å²) in [6, 6.07) is 2.01. The van der Waals surface area contributed by atoms with Gasteiger partial charge in [0.2, 0.25) is 10.0 Å². The molecule has 1 atom stereocenters. The van der Waals surface area contributed by atoms with Crippen LogP contribution in [0.5, 0.6) is 0 Å². The highest BCUT2D eigenvalue weighted by Crippen LogP contribution is 2.38. The summed E-state index contributed by atoms with van der Waals surface area (Å²) >= 11 is 0. The molecule has 1 saturated heterocycles. The molecule has 0 unspecified atom stereocenters. The summed E-state index contributed by atoms with van der Waals surface area (Å²) in [6.07, 6.45) is 5.24. The van der Waals surface area contributed by atoms with Crippen LogP contribution >= 0.6 is 0 Å². The molecule has 1 aliphatic heterocycles. The summed E-state index contributed by atoms with van der Waals surface area (Å²) in [5.41, 5.74) is 1.59. The molecule has 8 nitrogen and oxygen atoms in total. The lowest BCUT2D eigenvalue weighted by molar-refractivity contribution is -0.385. The Morgan fingerprint density at radius 3 is 2.68 bits per heavy atom. The van der Waals surface area contributed by atoms with Crippen molar-refractivity contribution in [3.63, 3.8) is 0 Å². The Morgan fingerprint density at radius 1 is 1.21 bits per heavy atom. The smallest absolute Gasteiger partial charge is 0.273 e. The molecule has 0 bridgehead atoms. The number of nitro benzene ring substituents is 1. The van der Waals surface area contributed by atoms with Crippen LogP contribution in [0, 0.1) is 15.9 Å². The summed E-state index contributed by atoms with van der Waals surface area (Å²) in [5, 5.41) is 11.0. The van der Waals surface area contributed by atoms with Crippen LogP contribution in [0.4, 0.5) is 10.1 Å². The van der Waals surface area contributed by atoms with Gasteiger partial charge in [-0.2, -0.15) is 4.31 Å². The van der Waals surface area contributed by atoms with Crippen molar-refractivity contribution in [3.8, 4) is 0 Å². The second kappa shape index (κ2) is 6.93. The summed E-state index contributed by atoms with van der Waals surface area (Å²) in [5.74, 6) is -0.255. The molecule has 4 rings (SSSR count). The van der Waals surface area contributed by atoms with Crippen LogP contribution in [0.2, 0.25) is 0 Å². The van der Waals surface area contributed by atoms with Crippen molar-refractivity contribution in [2.45, 2.75) is 49.5 Å². The second-order valence-electron chi connectivity index (χ2n) is 7.31. The van der Waals surface area contributed by atoms with Gasteiger partial charge in [-0.3, -0.25) is 10.1 Å². The molecule has 0 saturated carbocycles. The molecule has 1 fully saturated rings. The number of imidazole rings is 1. The first-order valence-corrected chi connectivity index (χ1v) is 10.7. The predicted octanol–water partition coefficient (Wildman–Crippen LogP) is 2.87. The number of benzene rings is 1. The van der Waals surface area contributed by atoms with E-state index in [0.717, 1.165) is 49.2 Å². The number of fused-ring (bicyclic) bond motifs is 1. The fourth-order valence-corrected chi connectivity index (χ4v) is 5.93. The third kappa shape index (κ3) is 3.10. The number of aryl methyl sites for hydroxylation is 1. The Kier molecular flexibility index (Phi) is 4.70. The van der Waals surface area contributed by atoms with Crippen molar-refractivity contribution in [2.24, 2.45) is 7.05 Å². The van der Waals surface area contributed by atoms with E-state index in [1.54, 1.807) is 0 Å². The zero-order chi connectivity index (χ0) is 20.1. The van der Waals surface area contributed by atoms with Gasteiger partial charge in [-0.05, 0) is 44.6 Å². The summed E-state index contributed by atoms with van der Waals surface area (Å²) < 4.78 is 43.5. The first-order chi connectivity index (χ1) is 13.3. The largest absolute Gasteiger partial charge is 0.333 e. The Labute approximate surface area is 162 Å². The Hall–Kier alpha value is -2.33. The monoisotopic (exact) mass is 408 g/mol. The third-order valence-electron chi connectivity index (χ3n) is 5.58. The van der Waals surface area contributed by atoms with Crippen LogP contribution < -0.4 is 0 Å². The molecular formula is C18H21FN4O4S. The van der Waals surface area contributed by atoms with Gasteiger partial charge in [-0.1, -0.05) is 0 Å². The molecule has 150 valence electrons. The Bertz CT molecular complexity index is 1050. The van der Waals surface area contributed by atoms with Crippen LogP contribution in [-0.2, 0) is 29.9 Å². The standard InChI is InChI=1S/C18H21FN4O4S/c1-21-16-6-3-2-5-15(16)20-18(21)17-7-4-8-22(17)28(26,27)14-10-12(19)9-13(11-14)23(24)25/h9-11,17H,2-8H2,1H3/t17-/m0/s1. The lowest BCUT2D eigenvalue weighted by atomic mass is 10.0. The first-order valence-electron chi connectivity index (χ1n) is 9.30. The molecule has 2 heterocycles. The summed E-state index contributed by atoms with van der Waals surface area (Å²) in [6.45, 7) is 0.273. The number of hydrogen-bond donors (Lipinski definition) is 0. The maximum Gasteiger partial charge on any atom is 0.273 e. The second-order valence-corrected chi connectivity index (χ2v) is 9.20. The van der Waals surface area contributed by atoms with Gasteiger partial charge >= 0.3 is 0 Å². The zero-order valence-corrected chi connectivity index (χ0v) is 16.3. The van der Waals surface area contributed by atoms with Crippen molar-refractivity contribution in [1.29, 1.82) is 0 Å². The third-order valence-corrected chi connectivity index (χ3v) is 7.47.